The lowest BCUT2D eigenvalue weighted by Crippen LogP contribution is -2.41. The molecule has 3 rings (SSSR count). The first-order valence-corrected chi connectivity index (χ1v) is 9.38. The van der Waals surface area contributed by atoms with Crippen LogP contribution in [0.1, 0.15) is 12.5 Å². The highest BCUT2D eigenvalue weighted by atomic mass is 35.5. The number of amides is 2. The highest BCUT2D eigenvalue weighted by molar-refractivity contribution is 6.40. The second-order valence-corrected chi connectivity index (χ2v) is 6.91. The smallest absolute Gasteiger partial charge is 0.313 e. The summed E-state index contributed by atoms with van der Waals surface area (Å²) in [5.41, 5.74) is 2.09. The van der Waals surface area contributed by atoms with Gasteiger partial charge in [0.05, 0.1) is 17.8 Å². The first-order chi connectivity index (χ1) is 14.0. The molecule has 0 bridgehead atoms. The molecule has 2 amide bonds. The molecule has 0 radical (unpaired) electrons. The van der Waals surface area contributed by atoms with Crippen LogP contribution in [0.15, 0.2) is 60.9 Å². The topological polar surface area (TPSA) is 85.2 Å². The van der Waals surface area contributed by atoms with Crippen LogP contribution in [0.25, 0.3) is 5.69 Å². The van der Waals surface area contributed by atoms with Crippen molar-refractivity contribution in [1.29, 1.82) is 0 Å². The van der Waals surface area contributed by atoms with Crippen molar-refractivity contribution >= 4 is 29.1 Å². The minimum Gasteiger partial charge on any atom is -0.497 e. The Morgan fingerprint density at radius 2 is 2.00 bits per heavy atom. The Kier molecular flexibility index (Phi) is 6.51. The maximum atomic E-state index is 12.2. The predicted molar refractivity (Wildman–Crippen MR) is 112 cm³/mol. The molecule has 0 spiro atoms. The number of methoxy groups -OCH3 is 1. The maximum Gasteiger partial charge on any atom is 0.313 e. The number of aromatic nitrogens is 2. The van der Waals surface area contributed by atoms with Gasteiger partial charge in [0.15, 0.2) is 0 Å². The molecule has 0 aliphatic rings. The van der Waals surface area contributed by atoms with Crippen LogP contribution < -0.4 is 15.4 Å². The Balaban J connectivity index is 1.57. The van der Waals surface area contributed by atoms with E-state index < -0.39 is 11.8 Å². The lowest BCUT2D eigenvalue weighted by molar-refractivity contribution is -0.136. The van der Waals surface area contributed by atoms with Crippen LogP contribution in [0.3, 0.4) is 0 Å². The van der Waals surface area contributed by atoms with Gasteiger partial charge in [0, 0.05) is 24.1 Å². The number of anilines is 1. The third-order valence-corrected chi connectivity index (χ3v) is 4.52. The lowest BCUT2D eigenvalue weighted by Gasteiger charge is -2.14. The molecule has 1 aromatic heterocycles. The summed E-state index contributed by atoms with van der Waals surface area (Å²) >= 11 is 6.26. The molecule has 7 nitrogen and oxygen atoms in total. The predicted octanol–water partition coefficient (Wildman–Crippen LogP) is 3.22. The molecule has 3 aromatic rings. The number of benzene rings is 2. The van der Waals surface area contributed by atoms with Crippen molar-refractivity contribution in [3.63, 3.8) is 0 Å². The number of halogens is 1. The molecular weight excluding hydrogens is 392 g/mol. The molecule has 0 saturated heterocycles. The number of carbonyl (C=O) groups excluding carboxylic acids is 2. The minimum absolute atomic E-state index is 0.230. The fraction of sp³-hybridized carbons (Fsp3) is 0.190. The summed E-state index contributed by atoms with van der Waals surface area (Å²) in [4.78, 5) is 24.4. The molecule has 29 heavy (non-hydrogen) atoms. The largest absolute Gasteiger partial charge is 0.497 e. The molecule has 0 saturated carbocycles. The summed E-state index contributed by atoms with van der Waals surface area (Å²) in [6.07, 6.45) is 3.97. The molecular formula is C21H21ClN4O3. The number of carbonyl (C=O) groups is 2. The van der Waals surface area contributed by atoms with Crippen LogP contribution in [0, 0.1) is 0 Å². The van der Waals surface area contributed by atoms with E-state index in [-0.39, 0.29) is 6.04 Å². The quantitative estimate of drug-likeness (QED) is 0.609. The van der Waals surface area contributed by atoms with Gasteiger partial charge < -0.3 is 15.4 Å². The molecule has 0 aliphatic heterocycles. The second-order valence-electron chi connectivity index (χ2n) is 6.50. The number of rotatable bonds is 6. The zero-order valence-corrected chi connectivity index (χ0v) is 16.8. The highest BCUT2D eigenvalue weighted by Crippen LogP contribution is 2.23. The van der Waals surface area contributed by atoms with E-state index in [9.17, 15) is 9.59 Å². The van der Waals surface area contributed by atoms with Crippen molar-refractivity contribution in [1.82, 2.24) is 15.1 Å². The zero-order valence-electron chi connectivity index (χ0n) is 16.1. The summed E-state index contributed by atoms with van der Waals surface area (Å²) in [6.45, 7) is 1.83. The van der Waals surface area contributed by atoms with Crippen LogP contribution in [-0.2, 0) is 16.0 Å². The Labute approximate surface area is 173 Å². The second kappa shape index (κ2) is 9.25. The highest BCUT2D eigenvalue weighted by Gasteiger charge is 2.17. The fourth-order valence-electron chi connectivity index (χ4n) is 2.86. The van der Waals surface area contributed by atoms with Crippen molar-refractivity contribution in [3.05, 3.63) is 71.5 Å². The average molecular weight is 413 g/mol. The van der Waals surface area contributed by atoms with Gasteiger partial charge in [0.1, 0.15) is 5.75 Å². The number of ether oxygens (including phenoxy) is 1. The van der Waals surface area contributed by atoms with Crippen molar-refractivity contribution < 1.29 is 14.3 Å². The summed E-state index contributed by atoms with van der Waals surface area (Å²) in [5.74, 6) is -0.729. The summed E-state index contributed by atoms with van der Waals surface area (Å²) < 4.78 is 6.81. The van der Waals surface area contributed by atoms with E-state index in [1.807, 2.05) is 31.2 Å². The van der Waals surface area contributed by atoms with E-state index in [4.69, 9.17) is 16.3 Å². The molecule has 0 fully saturated rings. The van der Waals surface area contributed by atoms with Gasteiger partial charge in [0.2, 0.25) is 0 Å². The van der Waals surface area contributed by atoms with Crippen LogP contribution in [0.4, 0.5) is 5.69 Å². The number of nitrogens with one attached hydrogen (secondary N) is 2. The third kappa shape index (κ3) is 5.36. The van der Waals surface area contributed by atoms with Crippen LogP contribution in [0.5, 0.6) is 5.75 Å². The van der Waals surface area contributed by atoms with E-state index in [1.54, 1.807) is 48.5 Å². The molecule has 8 heteroatoms. The molecule has 2 N–H and O–H groups in total. The monoisotopic (exact) mass is 412 g/mol. The Bertz CT molecular complexity index is 1000. The Morgan fingerprint density at radius 1 is 1.17 bits per heavy atom. The minimum atomic E-state index is -0.759. The van der Waals surface area contributed by atoms with Gasteiger partial charge in [-0.1, -0.05) is 23.7 Å². The number of hydrogen-bond donors (Lipinski definition) is 2. The SMILES string of the molecule is COc1cccc(CC(C)NC(=O)C(=O)Nc2ccc(-n3cccn3)c(Cl)c2)c1. The van der Waals surface area contributed by atoms with Gasteiger partial charge in [-0.3, -0.25) is 9.59 Å². The Hall–Kier alpha value is -3.32. The summed E-state index contributed by atoms with van der Waals surface area (Å²) in [7, 11) is 1.60. The van der Waals surface area contributed by atoms with Gasteiger partial charge >= 0.3 is 11.8 Å². The lowest BCUT2D eigenvalue weighted by atomic mass is 10.1. The van der Waals surface area contributed by atoms with Gasteiger partial charge in [-0.05, 0) is 55.3 Å². The zero-order chi connectivity index (χ0) is 20.8. The molecule has 1 atom stereocenters. The first-order valence-electron chi connectivity index (χ1n) is 9.00. The van der Waals surface area contributed by atoms with E-state index in [0.717, 1.165) is 11.3 Å². The molecule has 2 aromatic carbocycles. The molecule has 1 unspecified atom stereocenters. The van der Waals surface area contributed by atoms with E-state index >= 15 is 0 Å². The van der Waals surface area contributed by atoms with Gasteiger partial charge in [-0.15, -0.1) is 0 Å². The first kappa shape index (κ1) is 20.4. The molecule has 1 heterocycles. The van der Waals surface area contributed by atoms with E-state index in [0.29, 0.717) is 22.8 Å². The van der Waals surface area contributed by atoms with Crippen molar-refractivity contribution in [2.75, 3.05) is 12.4 Å². The average Bonchev–Trinajstić information content (AvgIpc) is 3.22. The van der Waals surface area contributed by atoms with Gasteiger partial charge in [0.25, 0.3) is 0 Å². The van der Waals surface area contributed by atoms with Crippen LogP contribution in [-0.4, -0.2) is 34.7 Å². The van der Waals surface area contributed by atoms with E-state index in [1.165, 1.54) is 0 Å². The molecule has 0 aliphatic carbocycles. The maximum absolute atomic E-state index is 12.2. The van der Waals surface area contributed by atoms with Crippen LogP contribution in [0.2, 0.25) is 5.02 Å². The number of hydrogen-bond acceptors (Lipinski definition) is 4. The van der Waals surface area contributed by atoms with E-state index in [2.05, 4.69) is 15.7 Å². The Morgan fingerprint density at radius 3 is 2.69 bits per heavy atom. The van der Waals surface area contributed by atoms with Crippen LogP contribution >= 0.6 is 11.6 Å². The van der Waals surface area contributed by atoms with Crippen molar-refractivity contribution in [2.45, 2.75) is 19.4 Å². The summed E-state index contributed by atoms with van der Waals surface area (Å²) in [5, 5.41) is 9.77. The van der Waals surface area contributed by atoms with Gasteiger partial charge in [-0.2, -0.15) is 5.10 Å². The third-order valence-electron chi connectivity index (χ3n) is 4.22. The summed E-state index contributed by atoms with van der Waals surface area (Å²) in [6, 6.07) is 14.1. The normalized spacial score (nSPS) is 11.6. The number of nitrogens with zero attached hydrogens (tertiary/aromatic N) is 2. The van der Waals surface area contributed by atoms with Crippen molar-refractivity contribution in [2.24, 2.45) is 0 Å². The van der Waals surface area contributed by atoms with Gasteiger partial charge in [-0.25, -0.2) is 4.68 Å². The standard InChI is InChI=1S/C21H21ClN4O3/c1-14(11-15-5-3-6-17(12-15)29-2)24-20(27)21(28)25-16-7-8-19(18(22)13-16)26-10-4-9-23-26/h3-10,12-14H,11H2,1-2H3,(H,24,27)(H,25,28). The molecule has 150 valence electrons. The van der Waals surface area contributed by atoms with Crippen molar-refractivity contribution in [3.8, 4) is 11.4 Å². The fourth-order valence-corrected chi connectivity index (χ4v) is 3.13.